The van der Waals surface area contributed by atoms with Crippen LogP contribution in [0.25, 0.3) is 0 Å². The van der Waals surface area contributed by atoms with Crippen molar-refractivity contribution in [3.8, 4) is 0 Å². The predicted octanol–water partition coefficient (Wildman–Crippen LogP) is 2.88. The normalized spacial score (nSPS) is 14.4. The first-order valence-electron chi connectivity index (χ1n) is 6.33. The summed E-state index contributed by atoms with van der Waals surface area (Å²) >= 11 is 2.14. The van der Waals surface area contributed by atoms with E-state index in [2.05, 4.69) is 22.6 Å². The van der Waals surface area contributed by atoms with Crippen molar-refractivity contribution in [2.45, 2.75) is 18.2 Å². The number of anilines is 1. The molecular weight excluding hydrogens is 401 g/mol. The molecule has 21 heavy (non-hydrogen) atoms. The van der Waals surface area contributed by atoms with Gasteiger partial charge < -0.3 is 0 Å². The molecule has 0 aromatic heterocycles. The molecule has 1 aliphatic heterocycles. The summed E-state index contributed by atoms with van der Waals surface area (Å²) in [6, 6.07) is 11.8. The molecule has 0 saturated carbocycles. The fourth-order valence-corrected chi connectivity index (χ4v) is 4.36. The van der Waals surface area contributed by atoms with Gasteiger partial charge in [0.1, 0.15) is 0 Å². The highest BCUT2D eigenvalue weighted by Crippen LogP contribution is 2.34. The second-order valence-electron chi connectivity index (χ2n) is 4.93. The molecule has 0 aliphatic carbocycles. The number of fused-ring (bicyclic) bond motifs is 1. The van der Waals surface area contributed by atoms with Crippen LogP contribution in [0.3, 0.4) is 0 Å². The van der Waals surface area contributed by atoms with E-state index in [1.807, 2.05) is 13.0 Å². The van der Waals surface area contributed by atoms with Crippen LogP contribution in [0, 0.1) is 10.5 Å². The Morgan fingerprint density at radius 3 is 2.43 bits per heavy atom. The first-order valence-corrected chi connectivity index (χ1v) is 8.85. The predicted molar refractivity (Wildman–Crippen MR) is 88.7 cm³/mol. The molecule has 0 atom stereocenters. The zero-order valence-corrected chi connectivity index (χ0v) is 14.2. The lowest BCUT2D eigenvalue weighted by Gasteiger charge is -2.18. The molecule has 2 aromatic carbocycles. The summed E-state index contributed by atoms with van der Waals surface area (Å²) in [6.07, 6.45) is 0.122. The lowest BCUT2D eigenvalue weighted by Crippen LogP contribution is -2.33. The Balaban J connectivity index is 2.12. The number of halogens is 1. The minimum atomic E-state index is -3.85. The van der Waals surface area contributed by atoms with E-state index in [9.17, 15) is 13.2 Å². The van der Waals surface area contributed by atoms with Crippen molar-refractivity contribution < 1.29 is 13.2 Å². The average Bonchev–Trinajstić information content (AvgIpc) is 2.74. The SMILES string of the molecule is Cc1ccc(S(=O)(=O)N2C(=O)Cc3cc(I)ccc32)cc1. The molecule has 1 amide bonds. The first-order chi connectivity index (χ1) is 9.89. The third kappa shape index (κ3) is 2.46. The van der Waals surface area contributed by atoms with Crippen LogP contribution in [0.15, 0.2) is 47.4 Å². The van der Waals surface area contributed by atoms with Crippen LogP contribution >= 0.6 is 22.6 Å². The van der Waals surface area contributed by atoms with Crippen molar-refractivity contribution in [2.75, 3.05) is 4.31 Å². The number of hydrogen-bond acceptors (Lipinski definition) is 3. The molecule has 1 heterocycles. The highest BCUT2D eigenvalue weighted by Gasteiger charge is 2.37. The molecule has 0 fully saturated rings. The lowest BCUT2D eigenvalue weighted by molar-refractivity contribution is -0.116. The average molecular weight is 413 g/mol. The molecule has 0 saturated heterocycles. The topological polar surface area (TPSA) is 54.5 Å². The summed E-state index contributed by atoms with van der Waals surface area (Å²) in [6.45, 7) is 1.88. The molecule has 6 heteroatoms. The van der Waals surface area contributed by atoms with Gasteiger partial charge in [-0.05, 0) is 65.4 Å². The molecule has 0 unspecified atom stereocenters. The Morgan fingerprint density at radius 2 is 1.76 bits per heavy atom. The Hall–Kier alpha value is -1.41. The quantitative estimate of drug-likeness (QED) is 0.712. The molecule has 0 bridgehead atoms. The van der Waals surface area contributed by atoms with Crippen molar-refractivity contribution in [1.82, 2.24) is 0 Å². The maximum Gasteiger partial charge on any atom is 0.270 e. The Labute approximate surface area is 137 Å². The van der Waals surface area contributed by atoms with Crippen LogP contribution in [0.5, 0.6) is 0 Å². The third-order valence-electron chi connectivity index (χ3n) is 3.39. The lowest BCUT2D eigenvalue weighted by atomic mass is 10.2. The van der Waals surface area contributed by atoms with Crippen LogP contribution in [-0.4, -0.2) is 14.3 Å². The number of amides is 1. The van der Waals surface area contributed by atoms with Gasteiger partial charge in [-0.1, -0.05) is 17.7 Å². The summed E-state index contributed by atoms with van der Waals surface area (Å²) in [4.78, 5) is 12.3. The van der Waals surface area contributed by atoms with Crippen LogP contribution in [0.4, 0.5) is 5.69 Å². The van der Waals surface area contributed by atoms with E-state index in [4.69, 9.17) is 0 Å². The van der Waals surface area contributed by atoms with Gasteiger partial charge in [-0.2, -0.15) is 0 Å². The Morgan fingerprint density at radius 1 is 1.10 bits per heavy atom. The monoisotopic (exact) mass is 413 g/mol. The van der Waals surface area contributed by atoms with Crippen LogP contribution in [0.2, 0.25) is 0 Å². The number of rotatable bonds is 2. The van der Waals surface area contributed by atoms with E-state index in [-0.39, 0.29) is 11.3 Å². The minimum Gasteiger partial charge on any atom is -0.273 e. The van der Waals surface area contributed by atoms with Crippen molar-refractivity contribution >= 4 is 44.2 Å². The van der Waals surface area contributed by atoms with Crippen LogP contribution in [-0.2, 0) is 21.2 Å². The largest absolute Gasteiger partial charge is 0.273 e. The minimum absolute atomic E-state index is 0.122. The van der Waals surface area contributed by atoms with Gasteiger partial charge in [-0.25, -0.2) is 12.7 Å². The molecule has 0 N–H and O–H groups in total. The summed E-state index contributed by atoms with van der Waals surface area (Å²) in [5.41, 5.74) is 2.18. The van der Waals surface area contributed by atoms with E-state index in [0.29, 0.717) is 5.69 Å². The van der Waals surface area contributed by atoms with E-state index in [0.717, 1.165) is 19.0 Å². The summed E-state index contributed by atoms with van der Waals surface area (Å²) < 4.78 is 27.3. The fourth-order valence-electron chi connectivity index (χ4n) is 2.34. The van der Waals surface area contributed by atoms with Crippen LogP contribution in [0.1, 0.15) is 11.1 Å². The zero-order chi connectivity index (χ0) is 15.2. The van der Waals surface area contributed by atoms with Gasteiger partial charge in [0, 0.05) is 3.57 Å². The van der Waals surface area contributed by atoms with Gasteiger partial charge in [-0.15, -0.1) is 0 Å². The smallest absolute Gasteiger partial charge is 0.270 e. The fraction of sp³-hybridized carbons (Fsp3) is 0.133. The van der Waals surface area contributed by atoms with Gasteiger partial charge in [-0.3, -0.25) is 4.79 Å². The molecule has 0 spiro atoms. The Bertz CT molecular complexity index is 828. The van der Waals surface area contributed by atoms with Gasteiger partial charge in [0.15, 0.2) is 0 Å². The molecule has 3 rings (SSSR count). The number of benzene rings is 2. The van der Waals surface area contributed by atoms with Crippen molar-refractivity contribution in [3.05, 3.63) is 57.2 Å². The van der Waals surface area contributed by atoms with E-state index >= 15 is 0 Å². The van der Waals surface area contributed by atoms with E-state index < -0.39 is 15.9 Å². The molecule has 108 valence electrons. The third-order valence-corrected chi connectivity index (χ3v) is 5.81. The van der Waals surface area contributed by atoms with Crippen molar-refractivity contribution in [3.63, 3.8) is 0 Å². The van der Waals surface area contributed by atoms with Gasteiger partial charge in [0.05, 0.1) is 17.0 Å². The molecular formula is C15H12INO3S. The van der Waals surface area contributed by atoms with Crippen molar-refractivity contribution in [1.29, 1.82) is 0 Å². The molecule has 4 nitrogen and oxygen atoms in total. The summed E-state index contributed by atoms with van der Waals surface area (Å²) in [7, 11) is -3.85. The standard InChI is InChI=1S/C15H12INO3S/c1-10-2-5-13(6-3-10)21(19,20)17-14-7-4-12(16)8-11(14)9-15(17)18/h2-8H,9H2,1H3. The number of hydrogen-bond donors (Lipinski definition) is 0. The summed E-state index contributed by atoms with van der Waals surface area (Å²) in [5, 5.41) is 0. The molecule has 2 aromatic rings. The highest BCUT2D eigenvalue weighted by molar-refractivity contribution is 14.1. The maximum absolute atomic E-state index is 12.7. The van der Waals surface area contributed by atoms with E-state index in [1.165, 1.54) is 12.1 Å². The second kappa shape index (κ2) is 5.10. The summed E-state index contributed by atoms with van der Waals surface area (Å²) in [5.74, 6) is -0.410. The molecule has 0 radical (unpaired) electrons. The van der Waals surface area contributed by atoms with Gasteiger partial charge in [0.25, 0.3) is 10.0 Å². The van der Waals surface area contributed by atoms with Gasteiger partial charge in [0.2, 0.25) is 5.91 Å². The van der Waals surface area contributed by atoms with Crippen molar-refractivity contribution in [2.24, 2.45) is 0 Å². The van der Waals surface area contributed by atoms with E-state index in [1.54, 1.807) is 24.3 Å². The highest BCUT2D eigenvalue weighted by atomic mass is 127. The number of sulfonamides is 1. The Kier molecular flexibility index (Phi) is 3.53. The second-order valence-corrected chi connectivity index (χ2v) is 7.96. The maximum atomic E-state index is 12.7. The van der Waals surface area contributed by atoms with Gasteiger partial charge >= 0.3 is 0 Å². The van der Waals surface area contributed by atoms with Crippen LogP contribution < -0.4 is 4.31 Å². The first kappa shape index (κ1) is 14.5. The number of nitrogens with zero attached hydrogens (tertiary/aromatic N) is 1. The number of carbonyl (C=O) groups excluding carboxylic acids is 1. The number of aryl methyl sites for hydroxylation is 1. The number of carbonyl (C=O) groups is 1. The molecule has 1 aliphatic rings. The zero-order valence-electron chi connectivity index (χ0n) is 11.2.